The minimum atomic E-state index is -0.766. The molecule has 0 spiro atoms. The van der Waals surface area contributed by atoms with Gasteiger partial charge in [-0.2, -0.15) is 0 Å². The van der Waals surface area contributed by atoms with Gasteiger partial charge in [0.15, 0.2) is 0 Å². The third-order valence-electron chi connectivity index (χ3n) is 3.15. The molecule has 1 unspecified atom stereocenters. The van der Waals surface area contributed by atoms with E-state index in [9.17, 15) is 9.50 Å². The van der Waals surface area contributed by atoms with E-state index in [1.54, 1.807) is 13.0 Å². The van der Waals surface area contributed by atoms with Crippen LogP contribution in [-0.2, 0) is 0 Å². The molecule has 0 heterocycles. The summed E-state index contributed by atoms with van der Waals surface area (Å²) >= 11 is 0. The summed E-state index contributed by atoms with van der Waals surface area (Å²) in [5.74, 6) is -0.217. The predicted molar refractivity (Wildman–Crippen MR) is 73.2 cm³/mol. The van der Waals surface area contributed by atoms with Crippen molar-refractivity contribution in [3.8, 4) is 0 Å². The van der Waals surface area contributed by atoms with Gasteiger partial charge in [0, 0.05) is 25.8 Å². The summed E-state index contributed by atoms with van der Waals surface area (Å²) < 4.78 is 13.0. The van der Waals surface area contributed by atoms with Crippen LogP contribution in [0.5, 0.6) is 0 Å². The number of hydrogen-bond donors (Lipinski definition) is 2. The average molecular weight is 254 g/mol. The van der Waals surface area contributed by atoms with Gasteiger partial charge in [-0.15, -0.1) is 0 Å². The van der Waals surface area contributed by atoms with Crippen molar-refractivity contribution in [2.24, 2.45) is 5.73 Å². The van der Waals surface area contributed by atoms with Crippen molar-refractivity contribution in [2.75, 3.05) is 25.0 Å². The molecule has 4 heteroatoms. The SMILES string of the molecule is CN(CCCCC(C)(O)CN)c1cccc(F)c1. The monoisotopic (exact) mass is 254 g/mol. The first kappa shape index (κ1) is 14.9. The van der Waals surface area contributed by atoms with Crippen LogP contribution in [0.25, 0.3) is 0 Å². The van der Waals surface area contributed by atoms with Crippen LogP contribution >= 0.6 is 0 Å². The fourth-order valence-electron chi connectivity index (χ4n) is 1.80. The Morgan fingerprint density at radius 3 is 2.72 bits per heavy atom. The van der Waals surface area contributed by atoms with E-state index in [-0.39, 0.29) is 12.4 Å². The molecule has 0 radical (unpaired) electrons. The van der Waals surface area contributed by atoms with Gasteiger partial charge in [0.1, 0.15) is 5.82 Å². The second-order valence-corrected chi connectivity index (χ2v) is 5.06. The number of hydrogen-bond acceptors (Lipinski definition) is 3. The minimum absolute atomic E-state index is 0.217. The summed E-state index contributed by atoms with van der Waals surface area (Å²) in [5, 5.41) is 9.75. The van der Waals surface area contributed by atoms with Crippen LogP contribution < -0.4 is 10.6 Å². The van der Waals surface area contributed by atoms with E-state index in [1.807, 2.05) is 18.0 Å². The number of rotatable bonds is 7. The van der Waals surface area contributed by atoms with Crippen molar-refractivity contribution in [2.45, 2.75) is 31.8 Å². The Bertz CT molecular complexity index is 369. The highest BCUT2D eigenvalue weighted by molar-refractivity contribution is 5.45. The van der Waals surface area contributed by atoms with E-state index < -0.39 is 5.60 Å². The largest absolute Gasteiger partial charge is 0.389 e. The van der Waals surface area contributed by atoms with Crippen molar-refractivity contribution in [3.05, 3.63) is 30.1 Å². The van der Waals surface area contributed by atoms with Crippen LogP contribution in [0.3, 0.4) is 0 Å². The summed E-state index contributed by atoms with van der Waals surface area (Å²) in [4.78, 5) is 2.01. The molecule has 18 heavy (non-hydrogen) atoms. The third kappa shape index (κ3) is 5.02. The fraction of sp³-hybridized carbons (Fsp3) is 0.571. The molecule has 0 aliphatic rings. The molecule has 0 amide bonds. The molecule has 0 saturated carbocycles. The fourth-order valence-corrected chi connectivity index (χ4v) is 1.80. The zero-order chi connectivity index (χ0) is 13.6. The first-order valence-corrected chi connectivity index (χ1v) is 6.34. The Labute approximate surface area is 108 Å². The van der Waals surface area contributed by atoms with E-state index >= 15 is 0 Å². The van der Waals surface area contributed by atoms with Gasteiger partial charge in [0.2, 0.25) is 0 Å². The van der Waals surface area contributed by atoms with Crippen LogP contribution in [0, 0.1) is 5.82 Å². The van der Waals surface area contributed by atoms with E-state index in [4.69, 9.17) is 5.73 Å². The van der Waals surface area contributed by atoms with Crippen LogP contribution in [0.1, 0.15) is 26.2 Å². The molecular formula is C14H23FN2O. The first-order chi connectivity index (χ1) is 8.44. The molecule has 0 bridgehead atoms. The number of halogens is 1. The maximum atomic E-state index is 13.0. The van der Waals surface area contributed by atoms with Gasteiger partial charge >= 0.3 is 0 Å². The van der Waals surface area contributed by atoms with Crippen LogP contribution in [-0.4, -0.2) is 30.8 Å². The van der Waals surface area contributed by atoms with E-state index in [0.29, 0.717) is 6.42 Å². The zero-order valence-electron chi connectivity index (χ0n) is 11.2. The summed E-state index contributed by atoms with van der Waals surface area (Å²) in [6.07, 6.45) is 2.55. The standard InChI is InChI=1S/C14H23FN2O/c1-14(18,11-16)8-3-4-9-17(2)13-7-5-6-12(15)10-13/h5-7,10,18H,3-4,8-9,11,16H2,1-2H3. The molecule has 0 aliphatic heterocycles. The molecule has 0 aromatic heterocycles. The number of nitrogens with zero attached hydrogens (tertiary/aromatic N) is 1. The van der Waals surface area contributed by atoms with Crippen LogP contribution in [0.2, 0.25) is 0 Å². The Hall–Kier alpha value is -1.13. The highest BCUT2D eigenvalue weighted by Crippen LogP contribution is 2.16. The van der Waals surface area contributed by atoms with Gasteiger partial charge in [0.25, 0.3) is 0 Å². The maximum Gasteiger partial charge on any atom is 0.125 e. The second-order valence-electron chi connectivity index (χ2n) is 5.06. The number of anilines is 1. The van der Waals surface area contributed by atoms with Crippen LogP contribution in [0.15, 0.2) is 24.3 Å². The quantitative estimate of drug-likeness (QED) is 0.733. The molecule has 1 atom stereocenters. The maximum absolute atomic E-state index is 13.0. The van der Waals surface area contributed by atoms with Crippen molar-refractivity contribution < 1.29 is 9.50 Å². The summed E-state index contributed by atoms with van der Waals surface area (Å²) in [7, 11) is 1.94. The zero-order valence-corrected chi connectivity index (χ0v) is 11.2. The lowest BCUT2D eigenvalue weighted by Gasteiger charge is -2.23. The van der Waals surface area contributed by atoms with E-state index in [0.717, 1.165) is 25.1 Å². The first-order valence-electron chi connectivity index (χ1n) is 6.34. The van der Waals surface area contributed by atoms with Gasteiger partial charge in [0.05, 0.1) is 5.60 Å². The number of benzene rings is 1. The van der Waals surface area contributed by atoms with Gasteiger partial charge in [-0.3, -0.25) is 0 Å². The smallest absolute Gasteiger partial charge is 0.125 e. The molecule has 0 fully saturated rings. The van der Waals surface area contributed by atoms with Crippen molar-refractivity contribution in [3.63, 3.8) is 0 Å². The number of nitrogens with two attached hydrogens (primary N) is 1. The summed E-state index contributed by atoms with van der Waals surface area (Å²) in [5.41, 5.74) is 5.56. The van der Waals surface area contributed by atoms with Gasteiger partial charge in [-0.1, -0.05) is 6.07 Å². The topological polar surface area (TPSA) is 49.5 Å². The lowest BCUT2D eigenvalue weighted by atomic mass is 9.99. The molecule has 1 aromatic carbocycles. The summed E-state index contributed by atoms with van der Waals surface area (Å²) in [6.45, 7) is 2.88. The molecule has 3 N–H and O–H groups in total. The number of unbranched alkanes of at least 4 members (excludes halogenated alkanes) is 1. The Morgan fingerprint density at radius 2 is 2.11 bits per heavy atom. The van der Waals surface area contributed by atoms with Gasteiger partial charge < -0.3 is 15.7 Å². The Balaban J connectivity index is 2.32. The van der Waals surface area contributed by atoms with Crippen molar-refractivity contribution in [1.82, 2.24) is 0 Å². The minimum Gasteiger partial charge on any atom is -0.389 e. The summed E-state index contributed by atoms with van der Waals surface area (Å²) in [6, 6.07) is 6.56. The lowest BCUT2D eigenvalue weighted by Crippen LogP contribution is -2.34. The van der Waals surface area contributed by atoms with E-state index in [1.165, 1.54) is 12.1 Å². The Kier molecular flexibility index (Phi) is 5.56. The second kappa shape index (κ2) is 6.71. The van der Waals surface area contributed by atoms with Gasteiger partial charge in [-0.25, -0.2) is 4.39 Å². The molecule has 1 rings (SSSR count). The molecule has 0 saturated heterocycles. The van der Waals surface area contributed by atoms with E-state index in [2.05, 4.69) is 0 Å². The molecule has 3 nitrogen and oxygen atoms in total. The highest BCUT2D eigenvalue weighted by Gasteiger charge is 2.16. The Morgan fingerprint density at radius 1 is 1.39 bits per heavy atom. The lowest BCUT2D eigenvalue weighted by molar-refractivity contribution is 0.0575. The molecule has 102 valence electrons. The molecular weight excluding hydrogens is 231 g/mol. The average Bonchev–Trinajstić information content (AvgIpc) is 2.34. The van der Waals surface area contributed by atoms with Crippen molar-refractivity contribution in [1.29, 1.82) is 0 Å². The molecule has 1 aromatic rings. The normalized spacial score (nSPS) is 14.3. The highest BCUT2D eigenvalue weighted by atomic mass is 19.1. The predicted octanol–water partition coefficient (Wildman–Crippen LogP) is 2.14. The third-order valence-corrected chi connectivity index (χ3v) is 3.15. The molecule has 0 aliphatic carbocycles. The van der Waals surface area contributed by atoms with Crippen molar-refractivity contribution >= 4 is 5.69 Å². The van der Waals surface area contributed by atoms with Gasteiger partial charge in [-0.05, 0) is 44.4 Å². The number of aliphatic hydroxyl groups is 1. The van der Waals surface area contributed by atoms with Crippen LogP contribution in [0.4, 0.5) is 10.1 Å².